The van der Waals surface area contributed by atoms with E-state index in [9.17, 15) is 5.02 Å². The number of benzene rings is 20. The molecule has 4 heterocycles. The molecule has 0 amide bonds. The van der Waals surface area contributed by atoms with Crippen LogP contribution in [-0.4, -0.2) is 12.7 Å². The monoisotopic (exact) mass is 1550 g/mol. The summed E-state index contributed by atoms with van der Waals surface area (Å²) in [6.45, 7) is 0. The fraction of sp³-hybridized carbons (Fsp3) is 0. The summed E-state index contributed by atoms with van der Waals surface area (Å²) >= 11 is 3.59. The molecule has 0 saturated heterocycles. The maximum atomic E-state index is 9.43. The van der Waals surface area contributed by atoms with Gasteiger partial charge in [0.25, 0.3) is 0 Å². The third-order valence-corrected chi connectivity index (χ3v) is 23.6. The smallest absolute Gasteiger partial charge is 0.537 e. The lowest BCUT2D eigenvalue weighted by atomic mass is 9.84. The van der Waals surface area contributed by atoms with Crippen LogP contribution in [0.25, 0.3) is 230 Å². The van der Waals surface area contributed by atoms with Crippen molar-refractivity contribution in [3.8, 4) is 83.6 Å². The molecule has 6 nitrogen and oxygen atoms in total. The van der Waals surface area contributed by atoms with Gasteiger partial charge in [-0.25, -0.2) is 0 Å². The maximum absolute atomic E-state index is 9.43. The molecule has 0 atom stereocenters. The molecule has 0 spiro atoms. The van der Waals surface area contributed by atoms with E-state index in [1.807, 2.05) is 109 Å². The number of para-hydroxylation sites is 4. The molecule has 0 fully saturated rings. The summed E-state index contributed by atoms with van der Waals surface area (Å²) in [6, 6.07) is 137. The van der Waals surface area contributed by atoms with Crippen molar-refractivity contribution in [2.24, 2.45) is 0 Å². The van der Waals surface area contributed by atoms with Gasteiger partial charge >= 0.3 is 7.69 Å². The van der Waals surface area contributed by atoms with E-state index in [4.69, 9.17) is 22.3 Å². The lowest BCUT2D eigenvalue weighted by Gasteiger charge is -2.19. The first kappa shape index (κ1) is 68.3. The van der Waals surface area contributed by atoms with Gasteiger partial charge in [-0.3, -0.25) is 0 Å². The van der Waals surface area contributed by atoms with Crippen molar-refractivity contribution in [1.29, 1.82) is 0 Å². The molecule has 24 rings (SSSR count). The standard InChI is InChI=1S/C54H32O2.C30H20BO2.C24H13BrO2/c1-2-20-38-33(14-1)15-13-27-39(38)34-16-11-18-36(30-34)50-41-22-3-5-24-43(41)51(44-25-6-4-23-42(44)50)37-19-12-17-35(31-37)46-32-47-40-21-7-9-28-48(40)55-54(47)52-45-26-8-10-29-49(45)56-53(46)52;32-31-33-30-27-16-5-3-14-25(27)29(26-15-4-6-17-28(26)30)22-12-7-11-21(19-22)24-18-8-10-20-9-1-2-13-23(20)24;25-15-7-5-6-14(12-15)18-13-19-16-8-1-3-10-20(16)26-24(19)22-17-9-2-4-11-21(17)27-23(18)22/h1-32H;1-19,32H;1-13H. The number of halogens is 1. The summed E-state index contributed by atoms with van der Waals surface area (Å²) in [5.41, 5.74) is 23.3. The van der Waals surface area contributed by atoms with Crippen LogP contribution in [0.5, 0.6) is 5.75 Å². The molecule has 0 bridgehead atoms. The fourth-order valence-electron chi connectivity index (χ4n) is 18.0. The van der Waals surface area contributed by atoms with Crippen molar-refractivity contribution in [1.82, 2.24) is 0 Å². The van der Waals surface area contributed by atoms with Crippen LogP contribution in [0, 0.1) is 0 Å². The second kappa shape index (κ2) is 28.3. The second-order valence-electron chi connectivity index (χ2n) is 29.6. The minimum Gasteiger partial charge on any atom is -0.537 e. The molecule has 24 aromatic rings. The molecule has 0 aliphatic heterocycles. The maximum Gasteiger partial charge on any atom is 0.569 e. The molecule has 543 valence electrons. The summed E-state index contributed by atoms with van der Waals surface area (Å²) < 4.78 is 32.5. The zero-order valence-corrected chi connectivity index (χ0v) is 64.0. The van der Waals surface area contributed by atoms with Crippen LogP contribution in [-0.2, 0) is 0 Å². The Labute approximate surface area is 675 Å². The van der Waals surface area contributed by atoms with Gasteiger partial charge in [0, 0.05) is 58.7 Å². The fourth-order valence-corrected chi connectivity index (χ4v) is 18.4. The minimum absolute atomic E-state index is 0.664. The number of rotatable bonds is 9. The van der Waals surface area contributed by atoms with Crippen LogP contribution in [0.2, 0.25) is 0 Å². The molecule has 1 N–H and O–H groups in total. The van der Waals surface area contributed by atoms with Gasteiger partial charge in [-0.1, -0.05) is 337 Å². The summed E-state index contributed by atoms with van der Waals surface area (Å²) in [4.78, 5) is 0. The molecule has 1 radical (unpaired) electrons. The van der Waals surface area contributed by atoms with Gasteiger partial charge in [0.05, 0.1) is 10.8 Å². The Morgan fingerprint density at radius 1 is 0.216 bits per heavy atom. The highest BCUT2D eigenvalue weighted by molar-refractivity contribution is 9.10. The molecule has 116 heavy (non-hydrogen) atoms. The molecular formula is C108H65BBrO6. The third kappa shape index (κ3) is 11.4. The highest BCUT2D eigenvalue weighted by Gasteiger charge is 2.26. The van der Waals surface area contributed by atoms with Gasteiger partial charge in [0.2, 0.25) is 0 Å². The van der Waals surface area contributed by atoms with Gasteiger partial charge in [-0.2, -0.15) is 0 Å². The van der Waals surface area contributed by atoms with E-state index >= 15 is 0 Å². The third-order valence-electron chi connectivity index (χ3n) is 23.1. The van der Waals surface area contributed by atoms with Crippen molar-refractivity contribution in [3.05, 3.63) is 393 Å². The van der Waals surface area contributed by atoms with Gasteiger partial charge in [-0.05, 0) is 187 Å². The Kier molecular flexibility index (Phi) is 16.6. The van der Waals surface area contributed by atoms with Crippen molar-refractivity contribution < 1.29 is 27.3 Å². The lowest BCUT2D eigenvalue weighted by molar-refractivity contribution is 0.459. The van der Waals surface area contributed by atoms with Crippen LogP contribution in [0.4, 0.5) is 0 Å². The van der Waals surface area contributed by atoms with Gasteiger partial charge in [-0.15, -0.1) is 0 Å². The van der Waals surface area contributed by atoms with Gasteiger partial charge in [0.1, 0.15) is 50.4 Å². The highest BCUT2D eigenvalue weighted by Crippen LogP contribution is 2.51. The van der Waals surface area contributed by atoms with E-state index in [1.54, 1.807) is 0 Å². The number of fused-ring (bicyclic) bond motifs is 20. The Bertz CT molecular complexity index is 7970. The van der Waals surface area contributed by atoms with Gasteiger partial charge < -0.3 is 27.3 Å². The Morgan fingerprint density at radius 3 is 0.879 bits per heavy atom. The van der Waals surface area contributed by atoms with E-state index in [1.165, 1.54) is 82.0 Å². The predicted octanol–water partition coefficient (Wildman–Crippen LogP) is 30.9. The molecule has 0 unspecified atom stereocenters. The van der Waals surface area contributed by atoms with Crippen molar-refractivity contribution >= 4 is 176 Å². The Hall–Kier alpha value is -14.5. The number of furan rings is 4. The first-order valence-corrected chi connectivity index (χ1v) is 39.8. The summed E-state index contributed by atoms with van der Waals surface area (Å²) in [6.07, 6.45) is 0. The highest BCUT2D eigenvalue weighted by atomic mass is 79.9. The zero-order chi connectivity index (χ0) is 76.9. The molecule has 4 aromatic heterocycles. The quantitative estimate of drug-likeness (QED) is 0.115. The van der Waals surface area contributed by atoms with Crippen LogP contribution >= 0.6 is 15.9 Å². The van der Waals surface area contributed by atoms with E-state index < -0.39 is 0 Å². The van der Waals surface area contributed by atoms with Crippen molar-refractivity contribution in [2.45, 2.75) is 0 Å². The summed E-state index contributed by atoms with van der Waals surface area (Å²) in [7, 11) is 0.759. The van der Waals surface area contributed by atoms with E-state index in [0.717, 1.165) is 160 Å². The Balaban J connectivity index is 0.000000115. The SMILES string of the molecule is Brc1cccc(-c2cc3c4ccccc4oc3c3c2oc2ccccc23)c1.O[B]Oc1c2ccccc2c(-c2cccc(-c3cccc4ccccc34)c2)c2ccccc12.c1cc(-c2cccc3ccccc23)cc(-c2c3ccccc3c(-c3cccc(-c4cc5c6ccccc6oc5c5c4oc4ccccc45)c3)c3ccccc23)c1. The second-order valence-corrected chi connectivity index (χ2v) is 30.5. The molecule has 8 heteroatoms. The van der Waals surface area contributed by atoms with Crippen LogP contribution in [0.1, 0.15) is 0 Å². The average molecular weight is 1550 g/mol. The Morgan fingerprint density at radius 2 is 0.491 bits per heavy atom. The van der Waals surface area contributed by atoms with E-state index in [2.05, 4.69) is 295 Å². The van der Waals surface area contributed by atoms with Crippen LogP contribution in [0.15, 0.2) is 410 Å². The average Bonchev–Trinajstić information content (AvgIpc) is 1.64. The van der Waals surface area contributed by atoms with E-state index in [0.29, 0.717) is 5.75 Å². The zero-order valence-electron chi connectivity index (χ0n) is 62.4. The first-order chi connectivity index (χ1) is 57.4. The normalized spacial score (nSPS) is 11.7. The van der Waals surface area contributed by atoms with Crippen molar-refractivity contribution in [3.63, 3.8) is 0 Å². The lowest BCUT2D eigenvalue weighted by Crippen LogP contribution is -2.02. The number of hydrogen-bond acceptors (Lipinski definition) is 6. The molecule has 0 aliphatic carbocycles. The van der Waals surface area contributed by atoms with Crippen molar-refractivity contribution in [2.75, 3.05) is 0 Å². The molecular weight excluding hydrogens is 1480 g/mol. The first-order valence-electron chi connectivity index (χ1n) is 39.0. The molecule has 0 aliphatic rings. The molecule has 0 saturated carbocycles. The largest absolute Gasteiger partial charge is 0.569 e. The topological polar surface area (TPSA) is 82.0 Å². The van der Waals surface area contributed by atoms with Gasteiger partial charge in [0.15, 0.2) is 0 Å². The van der Waals surface area contributed by atoms with E-state index in [-0.39, 0.29) is 0 Å². The van der Waals surface area contributed by atoms with Crippen LogP contribution in [0.3, 0.4) is 0 Å². The molecule has 20 aromatic carbocycles. The summed E-state index contributed by atoms with van der Waals surface area (Å²) in [5, 5.41) is 32.0. The summed E-state index contributed by atoms with van der Waals surface area (Å²) in [5.74, 6) is 0.664. The number of hydrogen-bond donors (Lipinski definition) is 1. The minimum atomic E-state index is 0.664. The predicted molar refractivity (Wildman–Crippen MR) is 488 cm³/mol. The van der Waals surface area contributed by atoms with Crippen LogP contribution < -0.4 is 4.65 Å².